The Bertz CT molecular complexity index is 412. The smallest absolute Gasteiger partial charge is 0.281 e. The summed E-state index contributed by atoms with van der Waals surface area (Å²) in [5, 5.41) is -5.83. The van der Waals surface area contributed by atoms with Gasteiger partial charge in [-0.1, -0.05) is 0 Å². The van der Waals surface area contributed by atoms with E-state index < -0.39 is 38.6 Å². The fourth-order valence-electron chi connectivity index (χ4n) is 0.533. The van der Waals surface area contributed by atoms with Gasteiger partial charge in [0.1, 0.15) is 0 Å². The summed E-state index contributed by atoms with van der Waals surface area (Å²) in [4.78, 5) is 0. The van der Waals surface area contributed by atoms with Gasteiger partial charge < -0.3 is 0 Å². The molecule has 0 aliphatic carbocycles. The highest BCUT2D eigenvalue weighted by molar-refractivity contribution is 7.87. The van der Waals surface area contributed by atoms with Crippen LogP contribution in [0.5, 0.6) is 0 Å². The van der Waals surface area contributed by atoms with Crippen molar-refractivity contribution in [2.45, 2.75) is 17.5 Å². The van der Waals surface area contributed by atoms with E-state index in [-0.39, 0.29) is 0 Å². The third-order valence-electron chi connectivity index (χ3n) is 1.14. The third kappa shape index (κ3) is 3.50. The average molecular weight is 294 g/mol. The molecule has 0 rings (SSSR count). The molecule has 0 fully saturated rings. The van der Waals surface area contributed by atoms with E-state index in [9.17, 15) is 38.8 Å². The molecule has 0 aromatic carbocycles. The van der Waals surface area contributed by atoms with E-state index in [2.05, 4.69) is 4.18 Å². The lowest BCUT2D eigenvalue weighted by molar-refractivity contribution is -0.237. The highest BCUT2D eigenvalue weighted by atomic mass is 32.2. The van der Waals surface area contributed by atoms with E-state index in [0.717, 1.165) is 0 Å². The Kier molecular flexibility index (Phi) is 4.24. The first-order valence-electron chi connectivity index (χ1n) is 3.03. The Balaban J connectivity index is 5.54. The van der Waals surface area contributed by atoms with Gasteiger partial charge in [0.25, 0.3) is 17.1 Å². The highest BCUT2D eigenvalue weighted by Crippen LogP contribution is 2.37. The molecule has 0 radical (unpaired) electrons. The Morgan fingerprint density at radius 2 is 1.50 bits per heavy atom. The molecule has 1 N–H and O–H groups in total. The first-order chi connectivity index (χ1) is 6.80. The highest BCUT2D eigenvalue weighted by Gasteiger charge is 2.65. The molecular weight excluding hydrogens is 291 g/mol. The second-order valence-electron chi connectivity index (χ2n) is 2.29. The third-order valence-corrected chi connectivity index (χ3v) is 2.42. The van der Waals surface area contributed by atoms with Crippen LogP contribution in [0.4, 0.5) is 22.0 Å². The zero-order valence-electron chi connectivity index (χ0n) is 6.81. The van der Waals surface area contributed by atoms with Gasteiger partial charge in [0.15, 0.2) is 0 Å². The van der Waals surface area contributed by atoms with Gasteiger partial charge in [-0.2, -0.15) is 30.4 Å². The standard InChI is InChI=1S/C3H3F5O6S2/c4-2(5,6)1(14-15(9)10)3(7,8)16(11,12)13/h1,15H,(H,11,12,13). The molecule has 1 unspecified atom stereocenters. The lowest BCUT2D eigenvalue weighted by Gasteiger charge is -2.23. The molecule has 98 valence electrons. The van der Waals surface area contributed by atoms with Crippen molar-refractivity contribution in [3.05, 3.63) is 0 Å². The van der Waals surface area contributed by atoms with E-state index in [1.165, 1.54) is 0 Å². The van der Waals surface area contributed by atoms with Crippen LogP contribution in [0.1, 0.15) is 0 Å². The van der Waals surface area contributed by atoms with Crippen molar-refractivity contribution in [2.24, 2.45) is 0 Å². The van der Waals surface area contributed by atoms with E-state index in [1.54, 1.807) is 0 Å². The van der Waals surface area contributed by atoms with Crippen LogP contribution < -0.4 is 0 Å². The van der Waals surface area contributed by atoms with Crippen molar-refractivity contribution >= 4 is 21.1 Å². The van der Waals surface area contributed by atoms with Crippen LogP contribution in [-0.4, -0.2) is 38.9 Å². The van der Waals surface area contributed by atoms with Crippen molar-refractivity contribution < 1.29 is 47.5 Å². The molecule has 0 saturated heterocycles. The molecule has 0 spiro atoms. The maximum Gasteiger partial charge on any atom is 0.423 e. The SMILES string of the molecule is O=[SH](=O)OC(C(F)(F)F)C(F)(F)S(=O)(=O)O. The molecule has 0 amide bonds. The van der Waals surface area contributed by atoms with Crippen molar-refractivity contribution in [1.82, 2.24) is 0 Å². The Labute approximate surface area is 86.9 Å². The van der Waals surface area contributed by atoms with Gasteiger partial charge in [0, 0.05) is 0 Å². The molecular formula is C3H3F5O6S2. The van der Waals surface area contributed by atoms with Gasteiger partial charge in [0.05, 0.1) is 0 Å². The summed E-state index contributed by atoms with van der Waals surface area (Å²) in [5.41, 5.74) is 0. The van der Waals surface area contributed by atoms with Crippen LogP contribution in [-0.2, 0) is 25.3 Å². The predicted octanol–water partition coefficient (Wildman–Crippen LogP) is -0.0591. The molecule has 6 nitrogen and oxygen atoms in total. The van der Waals surface area contributed by atoms with Crippen molar-refractivity contribution in [3.8, 4) is 0 Å². The first kappa shape index (κ1) is 15.5. The normalized spacial score (nSPS) is 16.4. The molecule has 16 heavy (non-hydrogen) atoms. The Hall–Kier alpha value is -0.530. The number of alkyl halides is 5. The summed E-state index contributed by atoms with van der Waals surface area (Å²) in [6.07, 6.45) is -10.5. The molecule has 0 aliphatic rings. The zero-order chi connectivity index (χ0) is 13.4. The molecule has 13 heteroatoms. The van der Waals surface area contributed by atoms with E-state index in [1.807, 2.05) is 0 Å². The quantitative estimate of drug-likeness (QED) is 0.428. The second kappa shape index (κ2) is 4.38. The monoisotopic (exact) mass is 294 g/mol. The van der Waals surface area contributed by atoms with Crippen LogP contribution in [0.15, 0.2) is 0 Å². The van der Waals surface area contributed by atoms with Crippen molar-refractivity contribution in [3.63, 3.8) is 0 Å². The van der Waals surface area contributed by atoms with E-state index in [4.69, 9.17) is 4.55 Å². The zero-order valence-corrected chi connectivity index (χ0v) is 8.52. The molecule has 0 bridgehead atoms. The Morgan fingerprint density at radius 1 is 1.12 bits per heavy atom. The molecule has 0 aromatic heterocycles. The fraction of sp³-hybridized carbons (Fsp3) is 1.00. The van der Waals surface area contributed by atoms with E-state index >= 15 is 0 Å². The van der Waals surface area contributed by atoms with Crippen LogP contribution in [0.3, 0.4) is 0 Å². The Morgan fingerprint density at radius 3 is 1.69 bits per heavy atom. The van der Waals surface area contributed by atoms with Gasteiger partial charge in [-0.05, 0) is 0 Å². The molecule has 0 aliphatic heterocycles. The summed E-state index contributed by atoms with van der Waals surface area (Å²) in [6.45, 7) is 0. The molecule has 0 heterocycles. The lowest BCUT2D eigenvalue weighted by Crippen LogP contribution is -2.51. The fourth-order valence-corrected chi connectivity index (χ4v) is 1.48. The number of hydrogen-bond donors (Lipinski definition) is 2. The summed E-state index contributed by atoms with van der Waals surface area (Å²) >= 11 is 0. The second-order valence-corrected chi connectivity index (χ2v) is 4.44. The van der Waals surface area contributed by atoms with Gasteiger partial charge in [-0.3, -0.25) is 8.74 Å². The summed E-state index contributed by atoms with van der Waals surface area (Å²) in [5.74, 6) is 0. The number of halogens is 5. The maximum absolute atomic E-state index is 12.5. The van der Waals surface area contributed by atoms with Crippen molar-refractivity contribution in [1.29, 1.82) is 0 Å². The minimum absolute atomic E-state index is 2.75. The molecule has 0 aromatic rings. The van der Waals surface area contributed by atoms with Crippen LogP contribution in [0, 0.1) is 0 Å². The lowest BCUT2D eigenvalue weighted by atomic mass is 10.4. The number of hydrogen-bond acceptors (Lipinski definition) is 5. The number of thiol groups is 1. The van der Waals surface area contributed by atoms with Gasteiger partial charge in [0.2, 0.25) is 0 Å². The first-order valence-corrected chi connectivity index (χ1v) is 5.56. The number of rotatable bonds is 4. The topological polar surface area (TPSA) is 97.7 Å². The van der Waals surface area contributed by atoms with Crippen LogP contribution in [0.25, 0.3) is 0 Å². The molecule has 1 atom stereocenters. The largest absolute Gasteiger partial charge is 0.423 e. The minimum Gasteiger partial charge on any atom is -0.281 e. The summed E-state index contributed by atoms with van der Waals surface area (Å²) in [6, 6.07) is 0. The summed E-state index contributed by atoms with van der Waals surface area (Å²) in [7, 11) is -10.9. The van der Waals surface area contributed by atoms with E-state index in [0.29, 0.717) is 0 Å². The van der Waals surface area contributed by atoms with Crippen LogP contribution >= 0.6 is 0 Å². The minimum atomic E-state index is -6.48. The van der Waals surface area contributed by atoms with Crippen LogP contribution in [0.2, 0.25) is 0 Å². The van der Waals surface area contributed by atoms with Gasteiger partial charge in [-0.25, -0.2) is 8.42 Å². The van der Waals surface area contributed by atoms with Crippen molar-refractivity contribution in [2.75, 3.05) is 0 Å². The molecule has 0 saturated carbocycles. The van der Waals surface area contributed by atoms with Gasteiger partial charge in [-0.15, -0.1) is 0 Å². The maximum atomic E-state index is 12.5. The average Bonchev–Trinajstić information content (AvgIpc) is 1.95. The van der Waals surface area contributed by atoms with Gasteiger partial charge >= 0.3 is 21.5 Å². The predicted molar refractivity (Wildman–Crippen MR) is 37.7 cm³/mol. The summed E-state index contributed by atoms with van der Waals surface area (Å²) < 4.78 is 111.